The lowest BCUT2D eigenvalue weighted by Crippen LogP contribution is -2.47. The quantitative estimate of drug-likeness (QED) is 0.745. The second kappa shape index (κ2) is 7.36. The van der Waals surface area contributed by atoms with E-state index in [1.807, 2.05) is 25.8 Å². The summed E-state index contributed by atoms with van der Waals surface area (Å²) >= 11 is 0. The summed E-state index contributed by atoms with van der Waals surface area (Å²) < 4.78 is 0. The van der Waals surface area contributed by atoms with Crippen LogP contribution in [0, 0.1) is 5.92 Å². The van der Waals surface area contributed by atoms with E-state index in [9.17, 15) is 9.59 Å². The van der Waals surface area contributed by atoms with Gasteiger partial charge in [-0.15, -0.1) is 0 Å². The van der Waals surface area contributed by atoms with Gasteiger partial charge < -0.3 is 15.5 Å². The first-order valence-corrected chi connectivity index (χ1v) is 6.77. The second-order valence-corrected chi connectivity index (χ2v) is 5.17. The molecule has 0 aromatic heterocycles. The smallest absolute Gasteiger partial charge is 0.223 e. The number of hydrogen-bond donors (Lipinski definition) is 2. The Morgan fingerprint density at radius 2 is 1.89 bits per heavy atom. The van der Waals surface area contributed by atoms with Gasteiger partial charge in [0.2, 0.25) is 11.8 Å². The van der Waals surface area contributed by atoms with Crippen molar-refractivity contribution in [2.45, 2.75) is 39.2 Å². The predicted octanol–water partition coefficient (Wildman–Crippen LogP) is 0.359. The van der Waals surface area contributed by atoms with E-state index in [1.54, 1.807) is 0 Å². The Bertz CT molecular complexity index is 284. The highest BCUT2D eigenvalue weighted by Crippen LogP contribution is 2.12. The Kier molecular flexibility index (Phi) is 6.12. The Labute approximate surface area is 109 Å². The highest BCUT2D eigenvalue weighted by molar-refractivity contribution is 5.78. The molecule has 1 aliphatic heterocycles. The van der Waals surface area contributed by atoms with Crippen LogP contribution in [0.1, 0.15) is 33.1 Å². The molecule has 0 saturated carbocycles. The molecular weight excluding hydrogens is 230 g/mol. The van der Waals surface area contributed by atoms with E-state index in [-0.39, 0.29) is 23.8 Å². The number of nitrogens with zero attached hydrogens (tertiary/aromatic N) is 1. The van der Waals surface area contributed by atoms with Gasteiger partial charge in [0.15, 0.2) is 0 Å². The first-order chi connectivity index (χ1) is 8.54. The first-order valence-electron chi connectivity index (χ1n) is 6.77. The van der Waals surface area contributed by atoms with Gasteiger partial charge in [0, 0.05) is 38.0 Å². The van der Waals surface area contributed by atoms with E-state index >= 15 is 0 Å². The standard InChI is InChI=1S/C13H25N3O2/c1-10(2)13(18)15-11-5-8-16(9-6-11)12(17)4-7-14-3/h10-11,14H,4-9H2,1-3H3,(H,15,18). The minimum Gasteiger partial charge on any atom is -0.353 e. The summed E-state index contributed by atoms with van der Waals surface area (Å²) in [5.74, 6) is 0.341. The third-order valence-electron chi connectivity index (χ3n) is 3.31. The fraction of sp³-hybridized carbons (Fsp3) is 0.846. The summed E-state index contributed by atoms with van der Waals surface area (Å²) in [6.07, 6.45) is 2.28. The highest BCUT2D eigenvalue weighted by Gasteiger charge is 2.23. The van der Waals surface area contributed by atoms with Crippen LogP contribution in [0.2, 0.25) is 0 Å². The van der Waals surface area contributed by atoms with Crippen molar-refractivity contribution in [3.05, 3.63) is 0 Å². The lowest BCUT2D eigenvalue weighted by molar-refractivity contribution is -0.132. The van der Waals surface area contributed by atoms with Gasteiger partial charge in [-0.2, -0.15) is 0 Å². The van der Waals surface area contributed by atoms with Crippen molar-refractivity contribution >= 4 is 11.8 Å². The zero-order valence-electron chi connectivity index (χ0n) is 11.7. The molecule has 104 valence electrons. The normalized spacial score (nSPS) is 17.0. The number of nitrogens with one attached hydrogen (secondary N) is 2. The van der Waals surface area contributed by atoms with Gasteiger partial charge in [-0.05, 0) is 19.9 Å². The lowest BCUT2D eigenvalue weighted by atomic mass is 10.0. The topological polar surface area (TPSA) is 61.4 Å². The maximum atomic E-state index is 11.8. The molecule has 0 aliphatic carbocycles. The molecule has 0 aromatic carbocycles. The van der Waals surface area contributed by atoms with E-state index in [1.165, 1.54) is 0 Å². The number of hydrogen-bond acceptors (Lipinski definition) is 3. The van der Waals surface area contributed by atoms with Crippen LogP contribution in [0.15, 0.2) is 0 Å². The van der Waals surface area contributed by atoms with E-state index in [4.69, 9.17) is 0 Å². The van der Waals surface area contributed by atoms with Crippen molar-refractivity contribution in [2.75, 3.05) is 26.7 Å². The molecule has 18 heavy (non-hydrogen) atoms. The average molecular weight is 255 g/mol. The van der Waals surface area contributed by atoms with Crippen LogP contribution in [-0.2, 0) is 9.59 Å². The molecule has 5 nitrogen and oxygen atoms in total. The molecule has 2 amide bonds. The van der Waals surface area contributed by atoms with E-state index < -0.39 is 0 Å². The predicted molar refractivity (Wildman–Crippen MR) is 71.1 cm³/mol. The van der Waals surface area contributed by atoms with Gasteiger partial charge >= 0.3 is 0 Å². The van der Waals surface area contributed by atoms with Crippen LogP contribution in [0.25, 0.3) is 0 Å². The summed E-state index contributed by atoms with van der Waals surface area (Å²) in [5.41, 5.74) is 0. The number of carbonyl (C=O) groups excluding carboxylic acids is 2. The van der Waals surface area contributed by atoms with Crippen molar-refractivity contribution < 1.29 is 9.59 Å². The summed E-state index contributed by atoms with van der Waals surface area (Å²) in [4.78, 5) is 25.3. The largest absolute Gasteiger partial charge is 0.353 e. The molecule has 0 bridgehead atoms. The van der Waals surface area contributed by atoms with Crippen LogP contribution in [-0.4, -0.2) is 49.4 Å². The van der Waals surface area contributed by atoms with Crippen LogP contribution in [0.5, 0.6) is 0 Å². The summed E-state index contributed by atoms with van der Waals surface area (Å²) in [5, 5.41) is 6.01. The molecule has 1 aliphatic rings. The molecule has 0 spiro atoms. The Morgan fingerprint density at radius 3 is 2.39 bits per heavy atom. The molecule has 1 rings (SSSR count). The van der Waals surface area contributed by atoms with Crippen molar-refractivity contribution in [3.63, 3.8) is 0 Å². The maximum Gasteiger partial charge on any atom is 0.223 e. The van der Waals surface area contributed by atoms with Crippen molar-refractivity contribution in [1.29, 1.82) is 0 Å². The van der Waals surface area contributed by atoms with Crippen molar-refractivity contribution in [1.82, 2.24) is 15.5 Å². The number of piperidine rings is 1. The number of likely N-dealkylation sites (tertiary alicyclic amines) is 1. The van der Waals surface area contributed by atoms with Crippen molar-refractivity contribution in [2.24, 2.45) is 5.92 Å². The molecule has 0 unspecified atom stereocenters. The third kappa shape index (κ3) is 4.64. The van der Waals surface area contributed by atoms with Gasteiger partial charge in [0.25, 0.3) is 0 Å². The maximum absolute atomic E-state index is 11.8. The number of rotatable bonds is 5. The van der Waals surface area contributed by atoms with E-state index in [0.717, 1.165) is 32.5 Å². The van der Waals surface area contributed by atoms with Gasteiger partial charge in [-0.1, -0.05) is 13.8 Å². The Balaban J connectivity index is 2.28. The minimum atomic E-state index is 0.0280. The summed E-state index contributed by atoms with van der Waals surface area (Å²) in [6, 6.07) is 0.230. The molecule has 0 aromatic rings. The fourth-order valence-electron chi connectivity index (χ4n) is 2.03. The molecule has 0 radical (unpaired) electrons. The second-order valence-electron chi connectivity index (χ2n) is 5.17. The van der Waals surface area contributed by atoms with Gasteiger partial charge in [-0.3, -0.25) is 9.59 Å². The molecular formula is C13H25N3O2. The zero-order valence-corrected chi connectivity index (χ0v) is 11.7. The van der Waals surface area contributed by atoms with Crippen LogP contribution in [0.4, 0.5) is 0 Å². The third-order valence-corrected chi connectivity index (χ3v) is 3.31. The van der Waals surface area contributed by atoms with Crippen LogP contribution < -0.4 is 10.6 Å². The minimum absolute atomic E-state index is 0.0280. The number of carbonyl (C=O) groups is 2. The lowest BCUT2D eigenvalue weighted by Gasteiger charge is -2.32. The van der Waals surface area contributed by atoms with Gasteiger partial charge in [0.1, 0.15) is 0 Å². The summed E-state index contributed by atoms with van der Waals surface area (Å²) in [6.45, 7) is 6.03. The van der Waals surface area contributed by atoms with E-state index in [0.29, 0.717) is 6.42 Å². The van der Waals surface area contributed by atoms with Gasteiger partial charge in [0.05, 0.1) is 0 Å². The molecule has 1 fully saturated rings. The Morgan fingerprint density at radius 1 is 1.28 bits per heavy atom. The van der Waals surface area contributed by atoms with E-state index in [2.05, 4.69) is 10.6 Å². The monoisotopic (exact) mass is 255 g/mol. The SMILES string of the molecule is CNCCC(=O)N1CCC(NC(=O)C(C)C)CC1. The number of amides is 2. The average Bonchev–Trinajstić information content (AvgIpc) is 2.36. The highest BCUT2D eigenvalue weighted by atomic mass is 16.2. The zero-order chi connectivity index (χ0) is 13.5. The van der Waals surface area contributed by atoms with Gasteiger partial charge in [-0.25, -0.2) is 0 Å². The molecule has 1 saturated heterocycles. The van der Waals surface area contributed by atoms with Crippen molar-refractivity contribution in [3.8, 4) is 0 Å². The fourth-order valence-corrected chi connectivity index (χ4v) is 2.03. The molecule has 0 atom stereocenters. The first kappa shape index (κ1) is 15.0. The van der Waals surface area contributed by atoms with Crippen LogP contribution >= 0.6 is 0 Å². The molecule has 5 heteroatoms. The Hall–Kier alpha value is -1.10. The molecule has 1 heterocycles. The molecule has 2 N–H and O–H groups in total. The summed E-state index contributed by atoms with van der Waals surface area (Å²) in [7, 11) is 1.85. The van der Waals surface area contributed by atoms with Crippen LogP contribution in [0.3, 0.4) is 0 Å².